The van der Waals surface area contributed by atoms with Crippen LogP contribution in [0.1, 0.15) is 15.9 Å². The lowest BCUT2D eigenvalue weighted by Gasteiger charge is -2.10. The summed E-state index contributed by atoms with van der Waals surface area (Å²) in [5.74, 6) is -0.803. The summed E-state index contributed by atoms with van der Waals surface area (Å²) in [5.41, 5.74) is 1.77. The number of sulfonamides is 1. The molecular weight excluding hydrogens is 457 g/mol. The van der Waals surface area contributed by atoms with E-state index in [4.69, 9.17) is 4.42 Å². The van der Waals surface area contributed by atoms with Crippen LogP contribution in [0, 0.1) is 5.82 Å². The van der Waals surface area contributed by atoms with Gasteiger partial charge in [-0.05, 0) is 29.8 Å². The Morgan fingerprint density at radius 3 is 2.35 bits per heavy atom. The van der Waals surface area contributed by atoms with Crippen LogP contribution in [0.4, 0.5) is 4.39 Å². The third kappa shape index (κ3) is 5.75. The Morgan fingerprint density at radius 1 is 0.912 bits per heavy atom. The molecule has 0 fully saturated rings. The minimum atomic E-state index is -3.58. The molecule has 0 saturated carbocycles. The number of benzene rings is 3. The second-order valence-corrected chi connectivity index (χ2v) is 9.36. The monoisotopic (exact) mass is 479 g/mol. The molecule has 0 radical (unpaired) electrons. The van der Waals surface area contributed by atoms with Gasteiger partial charge in [-0.2, -0.15) is 0 Å². The number of amides is 1. The topological polar surface area (TPSA) is 101 Å². The molecule has 0 saturated heterocycles. The number of rotatable bonds is 9. The van der Waals surface area contributed by atoms with E-state index in [0.29, 0.717) is 5.56 Å². The van der Waals surface area contributed by atoms with Gasteiger partial charge in [0.1, 0.15) is 5.82 Å². The van der Waals surface area contributed by atoms with Crippen LogP contribution in [0.3, 0.4) is 0 Å². The molecule has 0 aliphatic rings. The van der Waals surface area contributed by atoms with Crippen molar-refractivity contribution >= 4 is 15.9 Å². The van der Waals surface area contributed by atoms with Gasteiger partial charge in [-0.3, -0.25) is 4.79 Å². The number of carbonyl (C=O) groups excluding carboxylic acids is 1. The SMILES string of the molecule is O=C(NCCS(=O)(=O)NCc1ccccc1)c1ccccc1-c1ncc(-c2ccccc2F)o1. The van der Waals surface area contributed by atoms with E-state index in [2.05, 4.69) is 15.0 Å². The van der Waals surface area contributed by atoms with E-state index in [0.717, 1.165) is 5.56 Å². The third-order valence-corrected chi connectivity index (χ3v) is 6.37. The molecule has 0 aliphatic heterocycles. The third-order valence-electron chi connectivity index (χ3n) is 5.04. The van der Waals surface area contributed by atoms with Gasteiger partial charge in [0.25, 0.3) is 5.91 Å². The summed E-state index contributed by atoms with van der Waals surface area (Å²) in [4.78, 5) is 17.0. The Kier molecular flexibility index (Phi) is 7.15. The van der Waals surface area contributed by atoms with Crippen molar-refractivity contribution in [1.29, 1.82) is 0 Å². The number of oxazole rings is 1. The molecule has 3 aromatic carbocycles. The van der Waals surface area contributed by atoms with E-state index >= 15 is 0 Å². The average Bonchev–Trinajstić information content (AvgIpc) is 3.33. The smallest absolute Gasteiger partial charge is 0.252 e. The minimum Gasteiger partial charge on any atom is -0.436 e. The van der Waals surface area contributed by atoms with Gasteiger partial charge in [0.05, 0.1) is 23.1 Å². The summed E-state index contributed by atoms with van der Waals surface area (Å²) in [5, 5.41) is 2.62. The number of hydrogen-bond acceptors (Lipinski definition) is 5. The van der Waals surface area contributed by atoms with E-state index < -0.39 is 21.7 Å². The zero-order valence-electron chi connectivity index (χ0n) is 18.1. The second kappa shape index (κ2) is 10.4. The molecular formula is C25H22FN3O4S. The molecule has 4 rings (SSSR count). The second-order valence-electron chi connectivity index (χ2n) is 7.44. The van der Waals surface area contributed by atoms with Crippen LogP contribution in [0.25, 0.3) is 22.8 Å². The Hall–Kier alpha value is -3.82. The first-order valence-corrected chi connectivity index (χ1v) is 12.2. The van der Waals surface area contributed by atoms with Gasteiger partial charge < -0.3 is 9.73 Å². The first kappa shape index (κ1) is 23.3. The van der Waals surface area contributed by atoms with Gasteiger partial charge in [-0.15, -0.1) is 0 Å². The van der Waals surface area contributed by atoms with Crippen molar-refractivity contribution in [2.75, 3.05) is 12.3 Å². The van der Waals surface area contributed by atoms with Crippen LogP contribution in [0.2, 0.25) is 0 Å². The van der Waals surface area contributed by atoms with Gasteiger partial charge in [0.15, 0.2) is 5.76 Å². The number of carbonyl (C=O) groups is 1. The largest absolute Gasteiger partial charge is 0.436 e. The van der Waals surface area contributed by atoms with Crippen molar-refractivity contribution in [3.8, 4) is 22.8 Å². The predicted octanol–water partition coefficient (Wildman–Crippen LogP) is 4.00. The summed E-state index contributed by atoms with van der Waals surface area (Å²) in [6.07, 6.45) is 1.40. The van der Waals surface area contributed by atoms with Gasteiger partial charge in [-0.25, -0.2) is 22.5 Å². The molecule has 0 aliphatic carbocycles. The fourth-order valence-corrected chi connectivity index (χ4v) is 4.21. The molecule has 34 heavy (non-hydrogen) atoms. The molecule has 0 spiro atoms. The molecule has 0 atom stereocenters. The molecule has 1 amide bonds. The summed E-state index contributed by atoms with van der Waals surface area (Å²) in [7, 11) is -3.58. The van der Waals surface area contributed by atoms with Crippen LogP contribution in [0.15, 0.2) is 89.5 Å². The lowest BCUT2D eigenvalue weighted by molar-refractivity contribution is 0.0956. The standard InChI is InChI=1S/C25H22FN3O4S/c26-22-13-7-6-12-21(22)23-17-28-25(33-23)20-11-5-4-10-19(20)24(30)27-14-15-34(31,32)29-16-18-8-2-1-3-9-18/h1-13,17,29H,14-16H2,(H,27,30). The highest BCUT2D eigenvalue weighted by Gasteiger charge is 2.18. The summed E-state index contributed by atoms with van der Waals surface area (Å²) in [6, 6.07) is 21.9. The maximum Gasteiger partial charge on any atom is 0.252 e. The number of nitrogens with one attached hydrogen (secondary N) is 2. The highest BCUT2D eigenvalue weighted by Crippen LogP contribution is 2.29. The van der Waals surface area contributed by atoms with Crippen molar-refractivity contribution in [3.05, 3.63) is 102 Å². The van der Waals surface area contributed by atoms with Crippen molar-refractivity contribution in [3.63, 3.8) is 0 Å². The molecule has 1 heterocycles. The molecule has 2 N–H and O–H groups in total. The zero-order chi connectivity index (χ0) is 24.0. The van der Waals surface area contributed by atoms with Crippen LogP contribution in [-0.2, 0) is 16.6 Å². The Morgan fingerprint density at radius 2 is 1.59 bits per heavy atom. The molecule has 4 aromatic rings. The molecule has 174 valence electrons. The molecule has 1 aromatic heterocycles. The fourth-order valence-electron chi connectivity index (χ4n) is 3.31. The van der Waals surface area contributed by atoms with E-state index in [1.54, 1.807) is 42.5 Å². The first-order valence-electron chi connectivity index (χ1n) is 10.5. The number of aromatic nitrogens is 1. The highest BCUT2D eigenvalue weighted by atomic mass is 32.2. The number of nitrogens with zero attached hydrogens (tertiary/aromatic N) is 1. The van der Waals surface area contributed by atoms with Gasteiger partial charge in [0, 0.05) is 18.7 Å². The normalized spacial score (nSPS) is 11.3. The van der Waals surface area contributed by atoms with Crippen molar-refractivity contribution in [1.82, 2.24) is 15.0 Å². The van der Waals surface area contributed by atoms with Crippen LogP contribution in [0.5, 0.6) is 0 Å². The van der Waals surface area contributed by atoms with Crippen molar-refractivity contribution < 1.29 is 22.0 Å². The Labute approximate surface area is 196 Å². The van der Waals surface area contributed by atoms with E-state index in [-0.39, 0.29) is 41.6 Å². The Balaban J connectivity index is 1.41. The first-order chi connectivity index (χ1) is 16.4. The quantitative estimate of drug-likeness (QED) is 0.378. The zero-order valence-corrected chi connectivity index (χ0v) is 18.9. The van der Waals surface area contributed by atoms with Crippen LogP contribution in [-0.4, -0.2) is 31.6 Å². The predicted molar refractivity (Wildman–Crippen MR) is 127 cm³/mol. The van der Waals surface area contributed by atoms with Crippen molar-refractivity contribution in [2.24, 2.45) is 0 Å². The molecule has 9 heteroatoms. The van der Waals surface area contributed by atoms with E-state index in [9.17, 15) is 17.6 Å². The van der Waals surface area contributed by atoms with Crippen LogP contribution < -0.4 is 10.0 Å². The average molecular weight is 480 g/mol. The maximum absolute atomic E-state index is 14.1. The van der Waals surface area contributed by atoms with Crippen molar-refractivity contribution in [2.45, 2.75) is 6.54 Å². The summed E-state index contributed by atoms with van der Waals surface area (Å²) in [6.45, 7) is 0.0950. The summed E-state index contributed by atoms with van der Waals surface area (Å²) < 4.78 is 46.8. The number of hydrogen-bond donors (Lipinski definition) is 2. The highest BCUT2D eigenvalue weighted by molar-refractivity contribution is 7.89. The Bertz CT molecular complexity index is 1390. The van der Waals surface area contributed by atoms with Crippen LogP contribution >= 0.6 is 0 Å². The van der Waals surface area contributed by atoms with E-state index in [1.165, 1.54) is 12.3 Å². The lowest BCUT2D eigenvalue weighted by atomic mass is 10.1. The maximum atomic E-state index is 14.1. The molecule has 0 unspecified atom stereocenters. The molecule has 0 bridgehead atoms. The minimum absolute atomic E-state index is 0.0800. The lowest BCUT2D eigenvalue weighted by Crippen LogP contribution is -2.34. The van der Waals surface area contributed by atoms with Gasteiger partial charge >= 0.3 is 0 Å². The fraction of sp³-hybridized carbons (Fsp3) is 0.120. The van der Waals surface area contributed by atoms with E-state index in [1.807, 2.05) is 30.3 Å². The van der Waals surface area contributed by atoms with Gasteiger partial charge in [-0.1, -0.05) is 54.6 Å². The van der Waals surface area contributed by atoms with Gasteiger partial charge in [0.2, 0.25) is 15.9 Å². The number of halogens is 1. The molecule has 7 nitrogen and oxygen atoms in total. The summed E-state index contributed by atoms with van der Waals surface area (Å²) >= 11 is 0.